The predicted octanol–water partition coefficient (Wildman–Crippen LogP) is 1.91. The second-order valence-electron chi connectivity index (χ2n) is 5.84. The number of nitrogens with one attached hydrogen (secondary N) is 1. The number of piperidine rings is 1. The van der Waals surface area contributed by atoms with E-state index in [9.17, 15) is 9.18 Å². The lowest BCUT2D eigenvalue weighted by Crippen LogP contribution is -2.39. The highest BCUT2D eigenvalue weighted by molar-refractivity contribution is 5.97. The van der Waals surface area contributed by atoms with E-state index in [1.165, 1.54) is 18.2 Å². The van der Waals surface area contributed by atoms with Crippen LogP contribution in [0.1, 0.15) is 34.9 Å². The number of carbonyl (C=O) groups is 1. The largest absolute Gasteiger partial charge is 0.491 e. The summed E-state index contributed by atoms with van der Waals surface area (Å²) in [4.78, 5) is 22.0. The van der Waals surface area contributed by atoms with E-state index in [1.807, 2.05) is 0 Å². The van der Waals surface area contributed by atoms with Crippen molar-refractivity contribution >= 4 is 5.91 Å². The molecular weight excluding hydrogens is 311 g/mol. The molecule has 6 nitrogen and oxygen atoms in total. The topological polar surface area (TPSA) is 84.2 Å². The lowest BCUT2D eigenvalue weighted by atomic mass is 9.96. The number of benzene rings is 1. The van der Waals surface area contributed by atoms with Crippen molar-refractivity contribution in [2.24, 2.45) is 5.73 Å². The number of H-pyrrole nitrogens is 1. The van der Waals surface area contributed by atoms with Gasteiger partial charge in [-0.2, -0.15) is 0 Å². The molecule has 1 atom stereocenters. The first kappa shape index (κ1) is 16.4. The van der Waals surface area contributed by atoms with Gasteiger partial charge in [-0.15, -0.1) is 0 Å². The Labute approximate surface area is 139 Å². The fraction of sp³-hybridized carbons (Fsp3) is 0.412. The molecule has 0 radical (unpaired) electrons. The standard InChI is InChI=1S/C17H21FN4O2/c18-13-3-4-15(24-9-5-19)14(10-13)17(23)22-8-1-2-12(11-22)16-20-6-7-21-16/h3-4,6-7,10,12H,1-2,5,8-9,11,19H2,(H,20,21). The average molecular weight is 332 g/mol. The van der Waals surface area contributed by atoms with Crippen LogP contribution < -0.4 is 10.5 Å². The zero-order chi connectivity index (χ0) is 16.9. The number of ether oxygens (including phenoxy) is 1. The SMILES string of the molecule is NCCOc1ccc(F)cc1C(=O)N1CCCC(c2ncc[nH]2)C1. The first-order chi connectivity index (χ1) is 11.7. The van der Waals surface area contributed by atoms with Gasteiger partial charge in [0.05, 0.1) is 5.56 Å². The van der Waals surface area contributed by atoms with Crippen molar-refractivity contribution < 1.29 is 13.9 Å². The van der Waals surface area contributed by atoms with E-state index in [-0.39, 0.29) is 24.0 Å². The maximum absolute atomic E-state index is 13.6. The molecule has 128 valence electrons. The molecule has 0 aliphatic carbocycles. The van der Waals surface area contributed by atoms with Gasteiger partial charge in [0, 0.05) is 37.9 Å². The third-order valence-corrected chi connectivity index (χ3v) is 4.16. The summed E-state index contributed by atoms with van der Waals surface area (Å²) in [6, 6.07) is 3.99. The summed E-state index contributed by atoms with van der Waals surface area (Å²) in [5, 5.41) is 0. The zero-order valence-corrected chi connectivity index (χ0v) is 13.4. The van der Waals surface area contributed by atoms with Gasteiger partial charge in [0.15, 0.2) is 0 Å². The van der Waals surface area contributed by atoms with Crippen molar-refractivity contribution in [2.45, 2.75) is 18.8 Å². The second kappa shape index (κ2) is 7.44. The number of likely N-dealkylation sites (tertiary alicyclic amines) is 1. The number of hydrogen-bond donors (Lipinski definition) is 2. The van der Waals surface area contributed by atoms with Gasteiger partial charge in [-0.25, -0.2) is 9.37 Å². The summed E-state index contributed by atoms with van der Waals surface area (Å²) in [6.07, 6.45) is 5.34. The minimum atomic E-state index is -0.460. The van der Waals surface area contributed by atoms with E-state index in [4.69, 9.17) is 10.5 Å². The molecule has 24 heavy (non-hydrogen) atoms. The smallest absolute Gasteiger partial charge is 0.257 e. The number of amides is 1. The molecule has 1 saturated heterocycles. The van der Waals surface area contributed by atoms with Crippen LogP contribution in [0.2, 0.25) is 0 Å². The summed E-state index contributed by atoms with van der Waals surface area (Å²) < 4.78 is 19.1. The molecule has 1 unspecified atom stereocenters. The van der Waals surface area contributed by atoms with Crippen molar-refractivity contribution in [3.8, 4) is 5.75 Å². The maximum atomic E-state index is 13.6. The minimum absolute atomic E-state index is 0.166. The highest BCUT2D eigenvalue weighted by Crippen LogP contribution is 2.28. The van der Waals surface area contributed by atoms with E-state index in [1.54, 1.807) is 17.3 Å². The Bertz CT molecular complexity index is 690. The Morgan fingerprint density at radius 1 is 1.50 bits per heavy atom. The van der Waals surface area contributed by atoms with Crippen molar-refractivity contribution in [1.29, 1.82) is 0 Å². The third-order valence-electron chi connectivity index (χ3n) is 4.16. The molecule has 2 aromatic rings. The van der Waals surface area contributed by atoms with Gasteiger partial charge in [0.1, 0.15) is 24.0 Å². The van der Waals surface area contributed by atoms with Gasteiger partial charge in [0.2, 0.25) is 0 Å². The molecule has 7 heteroatoms. The summed E-state index contributed by atoms with van der Waals surface area (Å²) in [6.45, 7) is 1.80. The summed E-state index contributed by atoms with van der Waals surface area (Å²) >= 11 is 0. The number of hydrogen-bond acceptors (Lipinski definition) is 4. The number of rotatable bonds is 5. The number of imidazole rings is 1. The molecule has 1 aliphatic heterocycles. The highest BCUT2D eigenvalue weighted by atomic mass is 19.1. The van der Waals surface area contributed by atoms with Gasteiger partial charge in [0.25, 0.3) is 5.91 Å². The van der Waals surface area contributed by atoms with Crippen molar-refractivity contribution in [1.82, 2.24) is 14.9 Å². The Kier molecular flexibility index (Phi) is 5.10. The molecule has 1 aromatic carbocycles. The third kappa shape index (κ3) is 3.56. The van der Waals surface area contributed by atoms with E-state index in [2.05, 4.69) is 9.97 Å². The Hall–Kier alpha value is -2.41. The van der Waals surface area contributed by atoms with E-state index >= 15 is 0 Å². The van der Waals surface area contributed by atoms with Crippen LogP contribution in [-0.4, -0.2) is 47.0 Å². The molecule has 3 rings (SSSR count). The van der Waals surface area contributed by atoms with E-state index < -0.39 is 5.82 Å². The van der Waals surface area contributed by atoms with Gasteiger partial charge < -0.3 is 20.4 Å². The van der Waals surface area contributed by atoms with Gasteiger partial charge in [-0.05, 0) is 31.0 Å². The van der Waals surface area contributed by atoms with Crippen LogP contribution in [0.4, 0.5) is 4.39 Å². The van der Waals surface area contributed by atoms with Crippen molar-refractivity contribution in [2.75, 3.05) is 26.2 Å². The number of aromatic amines is 1. The fourth-order valence-corrected chi connectivity index (χ4v) is 3.02. The average Bonchev–Trinajstić information content (AvgIpc) is 3.15. The van der Waals surface area contributed by atoms with Gasteiger partial charge >= 0.3 is 0 Å². The normalized spacial score (nSPS) is 17.8. The van der Waals surface area contributed by atoms with Crippen LogP contribution in [0.3, 0.4) is 0 Å². The summed E-state index contributed by atoms with van der Waals surface area (Å²) in [5.74, 6) is 0.730. The number of halogens is 1. The van der Waals surface area contributed by atoms with Crippen LogP contribution in [0.25, 0.3) is 0 Å². The molecular formula is C17H21FN4O2. The summed E-state index contributed by atoms with van der Waals surface area (Å²) in [5.41, 5.74) is 5.68. The molecule has 0 spiro atoms. The number of aromatic nitrogens is 2. The van der Waals surface area contributed by atoms with E-state index in [0.717, 1.165) is 18.7 Å². The molecule has 1 aromatic heterocycles. The lowest BCUT2D eigenvalue weighted by molar-refractivity contribution is 0.0700. The van der Waals surface area contributed by atoms with Crippen molar-refractivity contribution in [3.63, 3.8) is 0 Å². The molecule has 2 heterocycles. The Morgan fingerprint density at radius 2 is 2.38 bits per heavy atom. The first-order valence-electron chi connectivity index (χ1n) is 8.10. The van der Waals surface area contributed by atoms with Crippen LogP contribution in [-0.2, 0) is 0 Å². The zero-order valence-electron chi connectivity index (χ0n) is 13.4. The van der Waals surface area contributed by atoms with Crippen LogP contribution >= 0.6 is 0 Å². The van der Waals surface area contributed by atoms with Crippen LogP contribution in [0, 0.1) is 5.82 Å². The predicted molar refractivity (Wildman–Crippen MR) is 87.4 cm³/mol. The molecule has 0 saturated carbocycles. The Balaban J connectivity index is 1.79. The number of carbonyl (C=O) groups excluding carboxylic acids is 1. The second-order valence-corrected chi connectivity index (χ2v) is 5.84. The highest BCUT2D eigenvalue weighted by Gasteiger charge is 2.28. The fourth-order valence-electron chi connectivity index (χ4n) is 3.02. The van der Waals surface area contributed by atoms with Gasteiger partial charge in [-0.3, -0.25) is 4.79 Å². The molecule has 0 bridgehead atoms. The van der Waals surface area contributed by atoms with E-state index in [0.29, 0.717) is 25.4 Å². The molecule has 1 aliphatic rings. The monoisotopic (exact) mass is 332 g/mol. The molecule has 1 amide bonds. The number of nitrogens with two attached hydrogens (primary N) is 1. The molecule has 3 N–H and O–H groups in total. The van der Waals surface area contributed by atoms with Crippen molar-refractivity contribution in [3.05, 3.63) is 47.8 Å². The van der Waals surface area contributed by atoms with Crippen LogP contribution in [0.15, 0.2) is 30.6 Å². The van der Waals surface area contributed by atoms with Crippen LogP contribution in [0.5, 0.6) is 5.75 Å². The summed E-state index contributed by atoms with van der Waals surface area (Å²) in [7, 11) is 0. The Morgan fingerprint density at radius 3 is 3.12 bits per heavy atom. The maximum Gasteiger partial charge on any atom is 0.257 e. The lowest BCUT2D eigenvalue weighted by Gasteiger charge is -2.32. The quantitative estimate of drug-likeness (QED) is 0.876. The van der Waals surface area contributed by atoms with Gasteiger partial charge in [-0.1, -0.05) is 0 Å². The minimum Gasteiger partial charge on any atom is -0.491 e. The number of nitrogens with zero attached hydrogens (tertiary/aromatic N) is 2. The molecule has 1 fully saturated rings. The first-order valence-corrected chi connectivity index (χ1v) is 8.10.